The molecule has 21 heavy (non-hydrogen) atoms. The van der Waals surface area contributed by atoms with Crippen molar-refractivity contribution in [2.75, 3.05) is 5.88 Å². The van der Waals surface area contributed by atoms with Crippen LogP contribution in [0.2, 0.25) is 0 Å². The summed E-state index contributed by atoms with van der Waals surface area (Å²) in [7, 11) is 0. The van der Waals surface area contributed by atoms with Gasteiger partial charge < -0.3 is 5.32 Å². The quantitative estimate of drug-likeness (QED) is 0.786. The Labute approximate surface area is 131 Å². The number of imide groups is 1. The van der Waals surface area contributed by atoms with Crippen LogP contribution in [0.25, 0.3) is 0 Å². The van der Waals surface area contributed by atoms with Gasteiger partial charge in [-0.2, -0.15) is 0 Å². The smallest absolute Gasteiger partial charge is 0.321 e. The van der Waals surface area contributed by atoms with Crippen LogP contribution in [0.1, 0.15) is 58.8 Å². The molecule has 0 saturated heterocycles. The molecule has 2 atom stereocenters. The maximum Gasteiger partial charge on any atom is 0.321 e. The Morgan fingerprint density at radius 3 is 2.24 bits per heavy atom. The molecule has 4 nitrogen and oxygen atoms in total. The van der Waals surface area contributed by atoms with Crippen LogP contribution in [0.5, 0.6) is 0 Å². The highest BCUT2D eigenvalue weighted by molar-refractivity contribution is 6.19. The van der Waals surface area contributed by atoms with Crippen LogP contribution < -0.4 is 10.6 Å². The predicted molar refractivity (Wildman–Crippen MR) is 82.1 cm³/mol. The van der Waals surface area contributed by atoms with E-state index >= 15 is 0 Å². The van der Waals surface area contributed by atoms with Crippen molar-refractivity contribution in [2.24, 2.45) is 16.7 Å². The van der Waals surface area contributed by atoms with Crippen molar-refractivity contribution in [3.05, 3.63) is 0 Å². The summed E-state index contributed by atoms with van der Waals surface area (Å²) < 4.78 is 0. The fourth-order valence-corrected chi connectivity index (χ4v) is 6.31. The number of alkyl halides is 1. The summed E-state index contributed by atoms with van der Waals surface area (Å²) in [6.07, 6.45) is 7.19. The summed E-state index contributed by atoms with van der Waals surface area (Å²) in [5.41, 5.74) is 0.581. The maximum atomic E-state index is 12.1. The third-order valence-electron chi connectivity index (χ3n) is 5.58. The molecule has 0 heterocycles. The van der Waals surface area contributed by atoms with Gasteiger partial charge in [0.25, 0.3) is 0 Å². The monoisotopic (exact) mass is 312 g/mol. The van der Waals surface area contributed by atoms with Gasteiger partial charge in [0.15, 0.2) is 0 Å². The zero-order chi connectivity index (χ0) is 15.3. The van der Waals surface area contributed by atoms with E-state index in [9.17, 15) is 9.59 Å². The molecule has 4 saturated carbocycles. The number of halogens is 1. The van der Waals surface area contributed by atoms with E-state index in [2.05, 4.69) is 24.5 Å². The first-order valence-corrected chi connectivity index (χ1v) is 8.47. The lowest BCUT2D eigenvalue weighted by Crippen LogP contribution is -2.66. The molecule has 118 valence electrons. The van der Waals surface area contributed by atoms with Crippen molar-refractivity contribution in [3.8, 4) is 0 Å². The van der Waals surface area contributed by atoms with Gasteiger partial charge in [-0.3, -0.25) is 10.1 Å². The van der Waals surface area contributed by atoms with Crippen molar-refractivity contribution in [2.45, 2.75) is 64.3 Å². The van der Waals surface area contributed by atoms with Crippen LogP contribution in [0.4, 0.5) is 4.79 Å². The lowest BCUT2D eigenvalue weighted by atomic mass is 9.43. The Hall–Kier alpha value is -0.770. The molecule has 5 heteroatoms. The first-order valence-electron chi connectivity index (χ1n) is 7.94. The molecule has 0 spiro atoms. The molecule has 0 radical (unpaired) electrons. The molecule has 4 rings (SSSR count). The van der Waals surface area contributed by atoms with E-state index < -0.39 is 0 Å². The van der Waals surface area contributed by atoms with E-state index in [4.69, 9.17) is 11.6 Å². The normalized spacial score (nSPS) is 43.7. The highest BCUT2D eigenvalue weighted by Crippen LogP contribution is 2.66. The third kappa shape index (κ3) is 2.92. The molecule has 0 aromatic heterocycles. The number of amides is 3. The first-order chi connectivity index (χ1) is 9.76. The zero-order valence-corrected chi connectivity index (χ0v) is 13.7. The van der Waals surface area contributed by atoms with E-state index in [1.54, 1.807) is 0 Å². The van der Waals surface area contributed by atoms with Crippen molar-refractivity contribution < 1.29 is 9.59 Å². The SMILES string of the molecule is CC12CC3CC(C)(C1)CC(NC(=O)NC(=O)CCCl)(C3)C2. The van der Waals surface area contributed by atoms with E-state index in [0.29, 0.717) is 10.8 Å². The molecule has 2 unspecified atom stereocenters. The lowest BCUT2D eigenvalue weighted by molar-refractivity contribution is -0.120. The summed E-state index contributed by atoms with van der Waals surface area (Å²) in [5.74, 6) is 0.655. The number of urea groups is 1. The first kappa shape index (κ1) is 15.1. The molecule has 0 aromatic rings. The predicted octanol–water partition coefficient (Wildman–Crippen LogP) is 3.19. The van der Waals surface area contributed by atoms with Gasteiger partial charge in [-0.15, -0.1) is 11.6 Å². The van der Waals surface area contributed by atoms with Gasteiger partial charge in [-0.25, -0.2) is 4.79 Å². The summed E-state index contributed by atoms with van der Waals surface area (Å²) in [4.78, 5) is 23.6. The number of carbonyl (C=O) groups excluding carboxylic acids is 2. The van der Waals surface area contributed by atoms with Crippen molar-refractivity contribution in [1.82, 2.24) is 10.6 Å². The van der Waals surface area contributed by atoms with E-state index in [1.165, 1.54) is 19.3 Å². The summed E-state index contributed by atoms with van der Waals surface area (Å²) >= 11 is 5.52. The maximum absolute atomic E-state index is 12.1. The fraction of sp³-hybridized carbons (Fsp3) is 0.875. The second kappa shape index (κ2) is 4.87. The van der Waals surface area contributed by atoms with Crippen LogP contribution in [-0.4, -0.2) is 23.4 Å². The minimum Gasteiger partial charge on any atom is -0.332 e. The van der Waals surface area contributed by atoms with Crippen molar-refractivity contribution >= 4 is 23.5 Å². The summed E-state index contributed by atoms with van der Waals surface area (Å²) in [6, 6.07) is -0.348. The van der Waals surface area contributed by atoms with Gasteiger partial charge in [-0.1, -0.05) is 13.8 Å². The fourth-order valence-electron chi connectivity index (χ4n) is 6.13. The van der Waals surface area contributed by atoms with Gasteiger partial charge in [-0.05, 0) is 55.3 Å². The standard InChI is InChI=1S/C16H25ClN2O2/c1-14-5-11-6-15(2,8-14)10-16(7-11,9-14)19-13(21)18-12(20)3-4-17/h11H,3-10H2,1-2H3,(H2,18,19,20,21). The van der Waals surface area contributed by atoms with Crippen LogP contribution in [0.3, 0.4) is 0 Å². The Bertz CT molecular complexity index is 461. The molecule has 4 aliphatic carbocycles. The van der Waals surface area contributed by atoms with Gasteiger partial charge in [0, 0.05) is 17.8 Å². The topological polar surface area (TPSA) is 58.2 Å². The molecule has 4 fully saturated rings. The Morgan fingerprint density at radius 1 is 1.10 bits per heavy atom. The second-order valence-corrected chi connectivity index (χ2v) is 8.73. The molecule has 0 aliphatic heterocycles. The molecule has 4 bridgehead atoms. The number of hydrogen-bond donors (Lipinski definition) is 2. The Kier molecular flexibility index (Phi) is 3.51. The minimum absolute atomic E-state index is 0.117. The van der Waals surface area contributed by atoms with Crippen LogP contribution >= 0.6 is 11.6 Å². The molecule has 3 amide bonds. The number of carbonyl (C=O) groups is 2. The van der Waals surface area contributed by atoms with E-state index in [-0.39, 0.29) is 29.8 Å². The zero-order valence-electron chi connectivity index (χ0n) is 12.9. The molecule has 4 aliphatic rings. The highest BCUT2D eigenvalue weighted by atomic mass is 35.5. The van der Waals surface area contributed by atoms with Gasteiger partial charge in [0.05, 0.1) is 0 Å². The third-order valence-corrected chi connectivity index (χ3v) is 5.77. The number of rotatable bonds is 3. The van der Waals surface area contributed by atoms with Crippen molar-refractivity contribution in [3.63, 3.8) is 0 Å². The average molecular weight is 313 g/mol. The van der Waals surface area contributed by atoms with Crippen LogP contribution in [0, 0.1) is 16.7 Å². The molecule has 0 aromatic carbocycles. The van der Waals surface area contributed by atoms with Gasteiger partial charge >= 0.3 is 6.03 Å². The average Bonchev–Trinajstić information content (AvgIpc) is 2.21. The van der Waals surface area contributed by atoms with E-state index in [1.807, 2.05) is 0 Å². The summed E-state index contributed by atoms with van der Waals surface area (Å²) in [6.45, 7) is 4.73. The van der Waals surface area contributed by atoms with Gasteiger partial charge in [0.1, 0.15) is 0 Å². The van der Waals surface area contributed by atoms with Crippen molar-refractivity contribution in [1.29, 1.82) is 0 Å². The van der Waals surface area contributed by atoms with Crippen LogP contribution in [-0.2, 0) is 4.79 Å². The number of hydrogen-bond acceptors (Lipinski definition) is 2. The second-order valence-electron chi connectivity index (χ2n) is 8.35. The van der Waals surface area contributed by atoms with E-state index in [0.717, 1.165) is 25.2 Å². The largest absolute Gasteiger partial charge is 0.332 e. The lowest BCUT2D eigenvalue weighted by Gasteiger charge is -2.65. The minimum atomic E-state index is -0.348. The van der Waals surface area contributed by atoms with Gasteiger partial charge in [0.2, 0.25) is 5.91 Å². The van der Waals surface area contributed by atoms with Crippen LogP contribution in [0.15, 0.2) is 0 Å². The molecular formula is C16H25ClN2O2. The molecular weight excluding hydrogens is 288 g/mol. The highest BCUT2D eigenvalue weighted by Gasteiger charge is 2.60. The number of nitrogens with one attached hydrogen (secondary N) is 2. The Balaban J connectivity index is 1.70. The Morgan fingerprint density at radius 2 is 1.71 bits per heavy atom. The molecule has 2 N–H and O–H groups in total. The summed E-state index contributed by atoms with van der Waals surface area (Å²) in [5, 5.41) is 5.56.